The van der Waals surface area contributed by atoms with Gasteiger partial charge < -0.3 is 16.2 Å². The van der Waals surface area contributed by atoms with E-state index in [4.69, 9.17) is 22.4 Å². The third kappa shape index (κ3) is 3.07. The van der Waals surface area contributed by atoms with Gasteiger partial charge in [0, 0.05) is 6.20 Å². The average Bonchev–Trinajstić information content (AvgIpc) is 2.20. The molecule has 0 aliphatic heterocycles. The van der Waals surface area contributed by atoms with Gasteiger partial charge >= 0.3 is 5.97 Å². The maximum absolute atomic E-state index is 11.1. The van der Waals surface area contributed by atoms with Crippen LogP contribution in [0.25, 0.3) is 0 Å². The van der Waals surface area contributed by atoms with Gasteiger partial charge in [0.05, 0.1) is 10.6 Å². The fourth-order valence-electron chi connectivity index (χ4n) is 1.05. The van der Waals surface area contributed by atoms with Crippen LogP contribution in [-0.4, -0.2) is 27.5 Å². The summed E-state index contributed by atoms with van der Waals surface area (Å²) in [5.41, 5.74) is 4.05. The Morgan fingerprint density at radius 2 is 2.12 bits per heavy atom. The molecule has 1 amide bonds. The van der Waals surface area contributed by atoms with Crippen LogP contribution in [0.15, 0.2) is 12.3 Å². The summed E-state index contributed by atoms with van der Waals surface area (Å²) >= 11 is 5.66. The number of aromatic carboxylic acids is 1. The monoisotopic (exact) mass is 257 g/mol. The molecule has 1 aromatic heterocycles. The second-order valence-corrected chi connectivity index (χ2v) is 4.38. The van der Waals surface area contributed by atoms with Crippen LogP contribution in [-0.2, 0) is 4.79 Å². The number of hydrogen-bond donors (Lipinski definition) is 3. The van der Waals surface area contributed by atoms with Gasteiger partial charge in [-0.3, -0.25) is 4.79 Å². The fourth-order valence-corrected chi connectivity index (χ4v) is 1.24. The summed E-state index contributed by atoms with van der Waals surface area (Å²) < 4.78 is 0. The molecule has 92 valence electrons. The highest BCUT2D eigenvalue weighted by Crippen LogP contribution is 2.20. The van der Waals surface area contributed by atoms with Crippen molar-refractivity contribution in [1.82, 2.24) is 4.98 Å². The molecule has 7 heteroatoms. The predicted octanol–water partition coefficient (Wildman–Crippen LogP) is 1.11. The molecule has 4 N–H and O–H groups in total. The van der Waals surface area contributed by atoms with Crippen LogP contribution in [0.3, 0.4) is 0 Å². The van der Waals surface area contributed by atoms with Gasteiger partial charge in [-0.1, -0.05) is 11.6 Å². The molecule has 1 heterocycles. The zero-order valence-corrected chi connectivity index (χ0v) is 10.1. The number of anilines is 1. The molecule has 0 aliphatic rings. The number of hydrogen-bond acceptors (Lipinski definition) is 4. The minimum atomic E-state index is -1.17. The number of carboxylic acids is 1. The first-order valence-corrected chi connectivity index (χ1v) is 5.09. The van der Waals surface area contributed by atoms with Crippen molar-refractivity contribution in [3.05, 3.63) is 22.8 Å². The van der Waals surface area contributed by atoms with Crippen molar-refractivity contribution in [2.75, 3.05) is 5.32 Å². The van der Waals surface area contributed by atoms with E-state index >= 15 is 0 Å². The van der Waals surface area contributed by atoms with Gasteiger partial charge in [-0.2, -0.15) is 0 Å². The Morgan fingerprint density at radius 3 is 2.59 bits per heavy atom. The van der Waals surface area contributed by atoms with E-state index in [0.29, 0.717) is 0 Å². The van der Waals surface area contributed by atoms with E-state index in [2.05, 4.69) is 10.3 Å². The van der Waals surface area contributed by atoms with Gasteiger partial charge in [0.25, 0.3) is 0 Å². The number of pyridine rings is 1. The van der Waals surface area contributed by atoms with Gasteiger partial charge in [-0.25, -0.2) is 9.78 Å². The maximum atomic E-state index is 11.1. The van der Waals surface area contributed by atoms with Crippen molar-refractivity contribution >= 4 is 29.3 Å². The van der Waals surface area contributed by atoms with E-state index in [1.165, 1.54) is 12.3 Å². The molecule has 0 fully saturated rings. The molecule has 0 saturated heterocycles. The summed E-state index contributed by atoms with van der Waals surface area (Å²) in [5.74, 6) is -1.53. The molecule has 0 bridgehead atoms. The first kappa shape index (κ1) is 13.2. The van der Waals surface area contributed by atoms with E-state index in [-0.39, 0.29) is 16.4 Å². The summed E-state index contributed by atoms with van der Waals surface area (Å²) in [6.45, 7) is 3.12. The Hall–Kier alpha value is -1.82. The third-order valence-electron chi connectivity index (χ3n) is 2.14. The van der Waals surface area contributed by atoms with E-state index < -0.39 is 17.4 Å². The molecule has 1 rings (SSSR count). The van der Waals surface area contributed by atoms with Gasteiger partial charge in [-0.15, -0.1) is 0 Å². The van der Waals surface area contributed by atoms with Crippen molar-refractivity contribution in [2.45, 2.75) is 19.4 Å². The van der Waals surface area contributed by atoms with Gasteiger partial charge in [0.15, 0.2) is 0 Å². The van der Waals surface area contributed by atoms with Crippen LogP contribution in [0, 0.1) is 0 Å². The minimum absolute atomic E-state index is 0.0277. The first-order valence-electron chi connectivity index (χ1n) is 4.71. The molecule has 0 unspecified atom stereocenters. The lowest BCUT2D eigenvalue weighted by molar-refractivity contribution is -0.121. The molecule has 0 radical (unpaired) electrons. The number of carboxylic acid groups (broad SMARTS) is 1. The van der Waals surface area contributed by atoms with Gasteiger partial charge in [0.2, 0.25) is 5.91 Å². The molecule has 1 aromatic rings. The summed E-state index contributed by atoms with van der Waals surface area (Å²) in [6.07, 6.45) is 1.20. The number of rotatable bonds is 4. The predicted molar refractivity (Wildman–Crippen MR) is 63.1 cm³/mol. The van der Waals surface area contributed by atoms with Crippen LogP contribution in [0.1, 0.15) is 24.2 Å². The standard InChI is InChI=1S/C10H12ClN3O3/c1-10(2,9(12)17)14-7-3-5(8(15)16)6(11)4-13-7/h3-4H,1-2H3,(H2,12,17)(H,13,14)(H,15,16). The number of carbonyl (C=O) groups excluding carboxylic acids is 1. The molecule has 17 heavy (non-hydrogen) atoms. The zero-order chi connectivity index (χ0) is 13.2. The lowest BCUT2D eigenvalue weighted by Gasteiger charge is -2.23. The van der Waals surface area contributed by atoms with Crippen molar-refractivity contribution in [3.63, 3.8) is 0 Å². The number of nitrogens with zero attached hydrogens (tertiary/aromatic N) is 1. The molecule has 6 nitrogen and oxygen atoms in total. The number of nitrogens with one attached hydrogen (secondary N) is 1. The highest BCUT2D eigenvalue weighted by molar-refractivity contribution is 6.33. The Labute approximate surface area is 103 Å². The van der Waals surface area contributed by atoms with Crippen molar-refractivity contribution < 1.29 is 14.7 Å². The Bertz CT molecular complexity index is 474. The lowest BCUT2D eigenvalue weighted by atomic mass is 10.1. The number of nitrogens with two attached hydrogens (primary N) is 1. The smallest absolute Gasteiger partial charge is 0.337 e. The topological polar surface area (TPSA) is 105 Å². The van der Waals surface area contributed by atoms with Crippen LogP contribution in [0.2, 0.25) is 5.02 Å². The van der Waals surface area contributed by atoms with Crippen LogP contribution < -0.4 is 11.1 Å². The number of aromatic nitrogens is 1. The van der Waals surface area contributed by atoms with E-state index in [0.717, 1.165) is 0 Å². The van der Waals surface area contributed by atoms with Gasteiger partial charge in [0.1, 0.15) is 11.4 Å². The number of primary amides is 1. The zero-order valence-electron chi connectivity index (χ0n) is 9.32. The minimum Gasteiger partial charge on any atom is -0.478 e. The summed E-state index contributed by atoms with van der Waals surface area (Å²) in [5, 5.41) is 11.6. The molecular formula is C10H12ClN3O3. The Kier molecular flexibility index (Phi) is 3.57. The molecular weight excluding hydrogens is 246 g/mol. The van der Waals surface area contributed by atoms with Gasteiger partial charge in [-0.05, 0) is 19.9 Å². The number of halogens is 1. The van der Waals surface area contributed by atoms with Crippen molar-refractivity contribution in [3.8, 4) is 0 Å². The van der Waals surface area contributed by atoms with E-state index in [1.54, 1.807) is 13.8 Å². The molecule has 0 atom stereocenters. The maximum Gasteiger partial charge on any atom is 0.337 e. The Morgan fingerprint density at radius 1 is 1.53 bits per heavy atom. The Balaban J connectivity index is 3.05. The second-order valence-electron chi connectivity index (χ2n) is 3.97. The fraction of sp³-hybridized carbons (Fsp3) is 0.300. The highest BCUT2D eigenvalue weighted by atomic mass is 35.5. The van der Waals surface area contributed by atoms with Crippen molar-refractivity contribution in [1.29, 1.82) is 0 Å². The largest absolute Gasteiger partial charge is 0.478 e. The summed E-state index contributed by atoms with van der Waals surface area (Å²) in [4.78, 5) is 25.8. The third-order valence-corrected chi connectivity index (χ3v) is 2.44. The number of carbonyl (C=O) groups is 2. The van der Waals surface area contributed by atoms with Crippen LogP contribution in [0.5, 0.6) is 0 Å². The lowest BCUT2D eigenvalue weighted by Crippen LogP contribution is -2.45. The quantitative estimate of drug-likeness (QED) is 0.749. The number of amides is 1. The van der Waals surface area contributed by atoms with Crippen LogP contribution >= 0.6 is 11.6 Å². The van der Waals surface area contributed by atoms with Crippen LogP contribution in [0.4, 0.5) is 5.82 Å². The SMILES string of the molecule is CC(C)(Nc1cc(C(=O)O)c(Cl)cn1)C(N)=O. The second kappa shape index (κ2) is 4.58. The molecule has 0 saturated carbocycles. The summed E-state index contributed by atoms with van der Waals surface area (Å²) in [6, 6.07) is 1.25. The first-order chi connectivity index (χ1) is 7.74. The highest BCUT2D eigenvalue weighted by Gasteiger charge is 2.25. The average molecular weight is 258 g/mol. The van der Waals surface area contributed by atoms with E-state index in [9.17, 15) is 9.59 Å². The normalized spacial score (nSPS) is 11.0. The van der Waals surface area contributed by atoms with E-state index in [1.807, 2.05) is 0 Å². The molecule has 0 aliphatic carbocycles. The summed E-state index contributed by atoms with van der Waals surface area (Å²) in [7, 11) is 0. The molecule has 0 spiro atoms. The van der Waals surface area contributed by atoms with Crippen molar-refractivity contribution in [2.24, 2.45) is 5.73 Å². The molecule has 0 aromatic carbocycles.